The lowest BCUT2D eigenvalue weighted by Crippen LogP contribution is -2.37. The highest BCUT2D eigenvalue weighted by atomic mass is 16.6. The molecule has 8 nitrogen and oxygen atoms in total. The Morgan fingerprint density at radius 3 is 1.91 bits per heavy atom. The molecule has 1 aliphatic rings. The number of benzene rings is 3. The van der Waals surface area contributed by atoms with E-state index in [9.17, 15) is 29.4 Å². The monoisotopic (exact) mass is 600 g/mol. The number of rotatable bonds is 5. The number of aliphatic hydroxyl groups is 1. The predicted octanol–water partition coefficient (Wildman–Crippen LogP) is 6.98. The average molecular weight is 601 g/mol. The lowest BCUT2D eigenvalue weighted by atomic mass is 9.89. The van der Waals surface area contributed by atoms with E-state index >= 15 is 0 Å². The Hall–Kier alpha value is -4.56. The van der Waals surface area contributed by atoms with Crippen molar-refractivity contribution in [3.05, 3.63) is 93.7 Å². The molecular weight excluding hydrogens is 560 g/mol. The maximum absolute atomic E-state index is 11.5. The van der Waals surface area contributed by atoms with E-state index in [2.05, 4.69) is 0 Å². The Kier molecular flexibility index (Phi) is 10.3. The topological polar surface area (TPSA) is 131 Å². The van der Waals surface area contributed by atoms with Gasteiger partial charge in [0, 0.05) is 23.4 Å². The number of carbonyl (C=O) groups excluding carboxylic acids is 4. The third-order valence-electron chi connectivity index (χ3n) is 7.41. The number of hydrogen-bond acceptors (Lipinski definition) is 8. The zero-order valence-corrected chi connectivity index (χ0v) is 26.7. The lowest BCUT2D eigenvalue weighted by Gasteiger charge is -2.22. The van der Waals surface area contributed by atoms with Crippen LogP contribution in [0.2, 0.25) is 0 Å². The zero-order valence-electron chi connectivity index (χ0n) is 26.7. The molecule has 4 aromatic rings. The second-order valence-corrected chi connectivity index (χ2v) is 11.5. The smallest absolute Gasteiger partial charge is 0.219 e. The summed E-state index contributed by atoms with van der Waals surface area (Å²) < 4.78 is 10.9. The number of fused-ring (bicyclic) bond motifs is 2. The van der Waals surface area contributed by atoms with Crippen LogP contribution in [0.25, 0.3) is 11.0 Å². The molecule has 2 atom stereocenters. The van der Waals surface area contributed by atoms with Crippen LogP contribution in [0.15, 0.2) is 59.0 Å². The number of ketones is 4. The molecule has 3 aromatic carbocycles. The van der Waals surface area contributed by atoms with Crippen LogP contribution in [-0.4, -0.2) is 39.1 Å². The minimum absolute atomic E-state index is 0.00370. The van der Waals surface area contributed by atoms with Crippen molar-refractivity contribution < 1.29 is 38.5 Å². The fourth-order valence-corrected chi connectivity index (χ4v) is 5.55. The first-order valence-electron chi connectivity index (χ1n) is 14.3. The number of phenolic OH excluding ortho intramolecular Hbond substituents is 1. The van der Waals surface area contributed by atoms with E-state index in [1.54, 1.807) is 25.1 Å². The summed E-state index contributed by atoms with van der Waals surface area (Å²) in [4.78, 5) is 45.5. The van der Waals surface area contributed by atoms with E-state index < -0.39 is 17.6 Å². The van der Waals surface area contributed by atoms with Gasteiger partial charge in [-0.25, -0.2) is 0 Å². The zero-order chi connectivity index (χ0) is 33.1. The molecule has 2 N–H and O–H groups in total. The molecule has 0 bridgehead atoms. The van der Waals surface area contributed by atoms with Gasteiger partial charge < -0.3 is 19.4 Å². The molecule has 2 unspecified atom stereocenters. The first-order chi connectivity index (χ1) is 20.4. The van der Waals surface area contributed by atoms with Crippen LogP contribution in [0, 0.1) is 27.7 Å². The number of aromatic hydroxyl groups is 1. The van der Waals surface area contributed by atoms with Gasteiger partial charge in [0.05, 0.1) is 5.56 Å². The van der Waals surface area contributed by atoms with Crippen molar-refractivity contribution in [3.8, 4) is 11.5 Å². The van der Waals surface area contributed by atoms with Gasteiger partial charge in [0.15, 0.2) is 5.78 Å². The van der Waals surface area contributed by atoms with Gasteiger partial charge in [-0.3, -0.25) is 19.2 Å². The molecule has 232 valence electrons. The molecule has 0 amide bonds. The van der Waals surface area contributed by atoms with E-state index in [0.29, 0.717) is 22.6 Å². The Labute approximate surface area is 257 Å². The molecule has 0 spiro atoms. The molecule has 2 heterocycles. The Balaban J connectivity index is 0.000000180. The van der Waals surface area contributed by atoms with Gasteiger partial charge in [-0.1, -0.05) is 47.0 Å². The average Bonchev–Trinajstić information content (AvgIpc) is 3.37. The lowest BCUT2D eigenvalue weighted by molar-refractivity contribution is -0.145. The number of aryl methyl sites for hydroxylation is 4. The van der Waals surface area contributed by atoms with Gasteiger partial charge in [-0.15, -0.1) is 0 Å². The number of hydrogen-bond donors (Lipinski definition) is 2. The molecule has 0 radical (unpaired) electrons. The van der Waals surface area contributed by atoms with E-state index in [1.165, 1.54) is 33.8 Å². The van der Waals surface area contributed by atoms with E-state index in [0.717, 1.165) is 33.2 Å². The fourth-order valence-electron chi connectivity index (χ4n) is 5.55. The third kappa shape index (κ3) is 7.50. The molecule has 1 aromatic heterocycles. The Morgan fingerprint density at radius 1 is 0.795 bits per heavy atom. The summed E-state index contributed by atoms with van der Waals surface area (Å²) in [6.07, 6.45) is 0. The molecule has 44 heavy (non-hydrogen) atoms. The second-order valence-electron chi connectivity index (χ2n) is 11.5. The highest BCUT2D eigenvalue weighted by molar-refractivity contribution is 6.07. The predicted molar refractivity (Wildman–Crippen MR) is 168 cm³/mol. The molecule has 8 heteroatoms. The van der Waals surface area contributed by atoms with E-state index in [4.69, 9.17) is 9.15 Å². The second kappa shape index (κ2) is 13.4. The normalized spacial score (nSPS) is 16.7. The maximum atomic E-state index is 11.5. The van der Waals surface area contributed by atoms with Gasteiger partial charge >= 0.3 is 0 Å². The number of Topliss-reactive ketones (excluding diaryl/α,β-unsaturated/α-hetero) is 4. The van der Waals surface area contributed by atoms with Crippen LogP contribution in [-0.2, 0) is 14.4 Å². The highest BCUT2D eigenvalue weighted by Crippen LogP contribution is 2.44. The largest absolute Gasteiger partial charge is 0.508 e. The van der Waals surface area contributed by atoms with Gasteiger partial charge in [0.1, 0.15) is 52.0 Å². The van der Waals surface area contributed by atoms with Gasteiger partial charge in [0.2, 0.25) is 5.79 Å². The van der Waals surface area contributed by atoms with Crippen LogP contribution >= 0.6 is 0 Å². The minimum atomic E-state index is -1.41. The third-order valence-corrected chi connectivity index (χ3v) is 7.41. The summed E-state index contributed by atoms with van der Waals surface area (Å²) >= 11 is 0. The first kappa shape index (κ1) is 33.9. The number of furan rings is 1. The summed E-state index contributed by atoms with van der Waals surface area (Å²) in [7, 11) is 0. The summed E-state index contributed by atoms with van der Waals surface area (Å²) in [6, 6.07) is 16.4. The SMILES string of the molecule is CC(=O)C(C(C)=O)c1cc(C)ccc1O.CC(=O)C1c2cc(C)ccc2OC1(C)O.CC(=O)c1c(C)oc2ccc(C)cc12. The van der Waals surface area contributed by atoms with Crippen LogP contribution in [0.5, 0.6) is 11.5 Å². The fraction of sp³-hybridized carbons (Fsp3) is 0.333. The molecular formula is C36H40O8. The van der Waals surface area contributed by atoms with Crippen molar-refractivity contribution in [2.45, 2.75) is 79.9 Å². The summed E-state index contributed by atoms with van der Waals surface area (Å²) in [6.45, 7) is 14.9. The minimum Gasteiger partial charge on any atom is -0.508 e. The molecule has 0 aliphatic carbocycles. The van der Waals surface area contributed by atoms with Crippen LogP contribution < -0.4 is 4.74 Å². The molecule has 0 saturated heterocycles. The van der Waals surface area contributed by atoms with E-state index in [-0.39, 0.29) is 28.9 Å². The van der Waals surface area contributed by atoms with Crippen LogP contribution in [0.4, 0.5) is 0 Å². The Bertz CT molecular complexity index is 1730. The molecule has 5 rings (SSSR count). The molecule has 0 fully saturated rings. The number of carbonyl (C=O) groups is 4. The van der Waals surface area contributed by atoms with Gasteiger partial charge in [-0.05, 0) is 79.7 Å². The van der Waals surface area contributed by atoms with Crippen LogP contribution in [0.1, 0.15) is 90.4 Å². The van der Waals surface area contributed by atoms with Crippen molar-refractivity contribution in [1.29, 1.82) is 0 Å². The summed E-state index contributed by atoms with van der Waals surface area (Å²) in [5.74, 6) is -2.04. The standard InChI is InChI=1S/2C12H14O3.C12H12O2/c1-7-4-5-10-9(6-7)11(8(2)13)12(3,14)15-10;1-7-4-5-11(15)10(6-7)12(8(2)13)9(3)14;1-7-4-5-11-10(6-7)12(8(2)13)9(3)14-11/h4-6,11,14H,1-3H3;4-6,12,15H,1-3H3;4-6H,1-3H3. The summed E-state index contributed by atoms with van der Waals surface area (Å²) in [5, 5.41) is 20.5. The van der Waals surface area contributed by atoms with Crippen molar-refractivity contribution >= 4 is 34.1 Å². The van der Waals surface area contributed by atoms with Gasteiger partial charge in [-0.2, -0.15) is 0 Å². The Morgan fingerprint density at radius 2 is 1.34 bits per heavy atom. The van der Waals surface area contributed by atoms with Gasteiger partial charge in [0.25, 0.3) is 0 Å². The number of phenols is 1. The van der Waals surface area contributed by atoms with Crippen LogP contribution in [0.3, 0.4) is 0 Å². The van der Waals surface area contributed by atoms with Crippen molar-refractivity contribution in [3.63, 3.8) is 0 Å². The molecule has 0 saturated carbocycles. The van der Waals surface area contributed by atoms with Crippen molar-refractivity contribution in [2.24, 2.45) is 0 Å². The maximum Gasteiger partial charge on any atom is 0.219 e. The quantitative estimate of drug-likeness (QED) is 0.185. The summed E-state index contributed by atoms with van der Waals surface area (Å²) in [5.41, 5.74) is 5.79. The molecule has 1 aliphatic heterocycles. The number of ether oxygens (including phenoxy) is 1. The first-order valence-corrected chi connectivity index (χ1v) is 14.3. The highest BCUT2D eigenvalue weighted by Gasteiger charge is 2.46. The van der Waals surface area contributed by atoms with Crippen molar-refractivity contribution in [1.82, 2.24) is 0 Å². The van der Waals surface area contributed by atoms with E-state index in [1.807, 2.05) is 58.0 Å². The van der Waals surface area contributed by atoms with Crippen molar-refractivity contribution in [2.75, 3.05) is 0 Å².